The molecule has 10 nitrogen and oxygen atoms in total. The van der Waals surface area contributed by atoms with Crippen molar-refractivity contribution in [3.8, 4) is 23.0 Å². The Balaban J connectivity index is 0.00000113. The normalized spacial score (nSPS) is 12.0. The van der Waals surface area contributed by atoms with Crippen LogP contribution < -0.4 is 18.9 Å². The first-order valence-electron chi connectivity index (χ1n) is 13.9. The molecule has 0 unspecified atom stereocenters. The first-order valence-corrected chi connectivity index (χ1v) is 15.2. The number of benzene rings is 4. The SMILES string of the molecule is COc1c2cccc1Cc1cc([N+](=O)[O-])cc(c1OC)Cc1cccc(c1OC)Cc1cc([N+](=O)[O-])cc(c1OC)C2.ClC(Cl)Cl. The van der Waals surface area contributed by atoms with Crippen LogP contribution in [0.5, 0.6) is 23.0 Å². The highest BCUT2D eigenvalue weighted by Gasteiger charge is 2.24. The lowest BCUT2D eigenvalue weighted by Crippen LogP contribution is -2.07. The molecular formula is C33H31Cl3N2O8. The second kappa shape index (κ2) is 15.4. The van der Waals surface area contributed by atoms with Crippen LogP contribution in [0.2, 0.25) is 0 Å². The van der Waals surface area contributed by atoms with Crippen molar-refractivity contribution in [3.63, 3.8) is 0 Å². The maximum absolute atomic E-state index is 12.0. The van der Waals surface area contributed by atoms with Gasteiger partial charge >= 0.3 is 0 Å². The molecule has 242 valence electrons. The molecule has 4 aromatic carbocycles. The molecule has 0 radical (unpaired) electrons. The summed E-state index contributed by atoms with van der Waals surface area (Å²) < 4.78 is 22.7. The third-order valence-electron chi connectivity index (χ3n) is 7.57. The number of ether oxygens (including phenoxy) is 4. The van der Waals surface area contributed by atoms with Gasteiger partial charge in [0.2, 0.25) is 0 Å². The molecule has 1 aliphatic rings. The van der Waals surface area contributed by atoms with Crippen molar-refractivity contribution in [2.75, 3.05) is 28.4 Å². The molecule has 0 saturated carbocycles. The van der Waals surface area contributed by atoms with Gasteiger partial charge in [0.1, 0.15) is 23.0 Å². The molecule has 5 rings (SSSR count). The first kappa shape index (κ1) is 34.6. The molecule has 0 heterocycles. The van der Waals surface area contributed by atoms with Gasteiger partial charge < -0.3 is 18.9 Å². The van der Waals surface area contributed by atoms with Crippen LogP contribution in [0.15, 0.2) is 60.7 Å². The van der Waals surface area contributed by atoms with Crippen molar-refractivity contribution in [2.24, 2.45) is 0 Å². The van der Waals surface area contributed by atoms with E-state index in [9.17, 15) is 20.2 Å². The van der Waals surface area contributed by atoms with E-state index in [0.29, 0.717) is 70.9 Å². The van der Waals surface area contributed by atoms with Crippen LogP contribution in [0.3, 0.4) is 0 Å². The average Bonchev–Trinajstić information content (AvgIpc) is 3.00. The van der Waals surface area contributed by atoms with Crippen molar-refractivity contribution < 1.29 is 28.8 Å². The lowest BCUT2D eigenvalue weighted by Gasteiger charge is -2.20. The Hall–Kier alpha value is -4.25. The van der Waals surface area contributed by atoms with E-state index in [2.05, 4.69) is 0 Å². The van der Waals surface area contributed by atoms with Crippen molar-refractivity contribution in [2.45, 2.75) is 30.0 Å². The summed E-state index contributed by atoms with van der Waals surface area (Å²) in [6.07, 6.45) is 1.18. The van der Waals surface area contributed by atoms with E-state index in [4.69, 9.17) is 53.8 Å². The number of halogens is 3. The number of nitro groups is 2. The molecule has 13 heteroatoms. The van der Waals surface area contributed by atoms with Crippen LogP contribution in [0, 0.1) is 20.2 Å². The van der Waals surface area contributed by atoms with Crippen LogP contribution in [0.4, 0.5) is 11.4 Å². The molecule has 46 heavy (non-hydrogen) atoms. The third-order valence-corrected chi connectivity index (χ3v) is 7.57. The molecule has 8 bridgehead atoms. The fourth-order valence-corrected chi connectivity index (χ4v) is 5.91. The minimum Gasteiger partial charge on any atom is -0.496 e. The summed E-state index contributed by atoms with van der Waals surface area (Å²) in [7, 11) is 6.23. The van der Waals surface area contributed by atoms with Crippen LogP contribution in [-0.2, 0) is 25.7 Å². The van der Waals surface area contributed by atoms with E-state index in [1.807, 2.05) is 36.4 Å². The lowest BCUT2D eigenvalue weighted by molar-refractivity contribution is -0.385. The number of fused-ring (bicyclic) bond motifs is 8. The molecule has 0 fully saturated rings. The zero-order valence-corrected chi connectivity index (χ0v) is 27.7. The fourth-order valence-electron chi connectivity index (χ4n) is 5.91. The van der Waals surface area contributed by atoms with Crippen molar-refractivity contribution in [1.82, 2.24) is 0 Å². The number of nitrogens with zero attached hydrogens (tertiary/aromatic N) is 2. The Morgan fingerprint density at radius 3 is 0.935 bits per heavy atom. The Labute approximate surface area is 281 Å². The average molecular weight is 690 g/mol. The number of methoxy groups -OCH3 is 4. The van der Waals surface area contributed by atoms with Crippen molar-refractivity contribution in [1.29, 1.82) is 0 Å². The summed E-state index contributed by atoms with van der Waals surface area (Å²) in [6.45, 7) is 0. The molecule has 0 atom stereocenters. The van der Waals surface area contributed by atoms with E-state index in [-0.39, 0.29) is 11.4 Å². The molecule has 0 N–H and O–H groups in total. The summed E-state index contributed by atoms with van der Waals surface area (Å²) in [5.74, 6) is 2.27. The Bertz CT molecular complexity index is 1550. The Kier molecular flexibility index (Phi) is 11.6. The summed E-state index contributed by atoms with van der Waals surface area (Å²) in [4.78, 5) is 23.2. The van der Waals surface area contributed by atoms with Gasteiger partial charge in [-0.1, -0.05) is 71.2 Å². The van der Waals surface area contributed by atoms with E-state index in [1.54, 1.807) is 28.4 Å². The highest BCUT2D eigenvalue weighted by molar-refractivity contribution is 6.63. The highest BCUT2D eigenvalue weighted by atomic mass is 35.6. The first-order chi connectivity index (χ1) is 22.0. The minimum atomic E-state index is -0.750. The van der Waals surface area contributed by atoms with Gasteiger partial charge in [-0.2, -0.15) is 0 Å². The van der Waals surface area contributed by atoms with Crippen LogP contribution in [-0.4, -0.2) is 42.6 Å². The van der Waals surface area contributed by atoms with Gasteiger partial charge in [-0.15, -0.1) is 0 Å². The van der Waals surface area contributed by atoms with Gasteiger partial charge in [-0.3, -0.25) is 20.2 Å². The zero-order valence-electron chi connectivity index (χ0n) is 25.5. The Morgan fingerprint density at radius 2 is 0.739 bits per heavy atom. The van der Waals surface area contributed by atoms with Gasteiger partial charge in [-0.05, 0) is 22.3 Å². The van der Waals surface area contributed by atoms with E-state index < -0.39 is 14.1 Å². The van der Waals surface area contributed by atoms with Crippen molar-refractivity contribution in [3.05, 3.63) is 125 Å². The monoisotopic (exact) mass is 688 g/mol. The summed E-state index contributed by atoms with van der Waals surface area (Å²) in [6, 6.07) is 17.4. The van der Waals surface area contributed by atoms with Gasteiger partial charge in [0.25, 0.3) is 11.4 Å². The number of rotatable bonds is 6. The maximum atomic E-state index is 12.0. The van der Waals surface area contributed by atoms with Crippen LogP contribution in [0.1, 0.15) is 44.5 Å². The molecule has 0 aromatic heterocycles. The predicted molar refractivity (Wildman–Crippen MR) is 178 cm³/mol. The van der Waals surface area contributed by atoms with Gasteiger partial charge in [-0.25, -0.2) is 0 Å². The van der Waals surface area contributed by atoms with E-state index in [0.717, 1.165) is 22.3 Å². The molecule has 1 aliphatic carbocycles. The van der Waals surface area contributed by atoms with Crippen LogP contribution in [0.25, 0.3) is 0 Å². The fraction of sp³-hybridized carbons (Fsp3) is 0.273. The summed E-state index contributed by atoms with van der Waals surface area (Å²) >= 11 is 14.4. The standard InChI is InChI=1S/C32H30N2O8.CHCl3/c1-39-29-19-7-5-8-20(29)12-24-16-28(34(37)38)18-26(32(24)42-4)14-22-10-6-9-21(30(22)40-2)13-25-17-27(33(35)36)15-23(11-19)31(25)41-3;2-1(3)4/h5-10,15-18H,11-14H2,1-4H3;1H. The summed E-state index contributed by atoms with van der Waals surface area (Å²) in [5.41, 5.74) is 5.60. The maximum Gasteiger partial charge on any atom is 0.270 e. The highest BCUT2D eigenvalue weighted by Crippen LogP contribution is 2.40. The van der Waals surface area contributed by atoms with Gasteiger partial charge in [0, 0.05) is 72.2 Å². The number of para-hydroxylation sites is 2. The minimum absolute atomic E-state index is 0.0424. The molecule has 4 aromatic rings. The van der Waals surface area contributed by atoms with E-state index in [1.165, 1.54) is 24.3 Å². The van der Waals surface area contributed by atoms with E-state index >= 15 is 0 Å². The number of non-ortho nitro benzene ring substituents is 2. The number of alkyl halides is 3. The molecule has 0 amide bonds. The zero-order chi connectivity index (χ0) is 33.5. The summed E-state index contributed by atoms with van der Waals surface area (Å²) in [5, 5.41) is 24.0. The van der Waals surface area contributed by atoms with Gasteiger partial charge in [0.15, 0.2) is 4.30 Å². The quantitative estimate of drug-likeness (QED) is 0.0993. The van der Waals surface area contributed by atoms with Crippen LogP contribution >= 0.6 is 34.8 Å². The number of hydrogen-bond donors (Lipinski definition) is 0. The lowest BCUT2D eigenvalue weighted by atomic mass is 9.91. The molecule has 0 aliphatic heterocycles. The van der Waals surface area contributed by atoms with Gasteiger partial charge in [0.05, 0.1) is 38.3 Å². The second-order valence-corrected chi connectivity index (χ2v) is 12.3. The predicted octanol–water partition coefficient (Wildman–Crippen LogP) is 8.20. The number of nitro benzene ring substituents is 2. The molecule has 0 saturated heterocycles. The molecular weight excluding hydrogens is 659 g/mol. The smallest absolute Gasteiger partial charge is 0.270 e. The number of hydrogen-bond acceptors (Lipinski definition) is 8. The Morgan fingerprint density at radius 1 is 0.522 bits per heavy atom. The van der Waals surface area contributed by atoms with Crippen molar-refractivity contribution >= 4 is 46.2 Å². The molecule has 0 spiro atoms. The topological polar surface area (TPSA) is 123 Å². The largest absolute Gasteiger partial charge is 0.496 e. The third kappa shape index (κ3) is 7.75. The second-order valence-electron chi connectivity index (χ2n) is 10.3.